The van der Waals surface area contributed by atoms with E-state index in [9.17, 15) is 27.9 Å². The van der Waals surface area contributed by atoms with Gasteiger partial charge in [-0.2, -0.15) is 13.2 Å². The monoisotopic (exact) mass is 476 g/mol. The predicted octanol–water partition coefficient (Wildman–Crippen LogP) is 2.66. The molecule has 2 fully saturated rings. The molecule has 0 radical (unpaired) electrons. The third-order valence-electron chi connectivity index (χ3n) is 6.42. The fraction of sp³-hybridized carbons (Fsp3) is 0.417. The lowest BCUT2D eigenvalue weighted by Crippen LogP contribution is -2.50. The van der Waals surface area contributed by atoms with E-state index in [1.807, 2.05) is 18.2 Å². The Morgan fingerprint density at radius 3 is 2.18 bits per heavy atom. The van der Waals surface area contributed by atoms with Crippen LogP contribution in [0.25, 0.3) is 0 Å². The van der Waals surface area contributed by atoms with Crippen molar-refractivity contribution in [2.75, 3.05) is 44.2 Å². The molecule has 4 rings (SSSR count). The molecular weight excluding hydrogens is 449 g/mol. The molecule has 34 heavy (non-hydrogen) atoms. The third kappa shape index (κ3) is 4.88. The molecule has 0 aliphatic carbocycles. The van der Waals surface area contributed by atoms with Gasteiger partial charge in [-0.05, 0) is 36.8 Å². The average molecular weight is 476 g/mol. The van der Waals surface area contributed by atoms with Gasteiger partial charge < -0.3 is 15.3 Å². The molecule has 0 bridgehead atoms. The molecule has 0 aromatic heterocycles. The smallest absolute Gasteiger partial charge is 0.390 e. The van der Waals surface area contributed by atoms with Crippen molar-refractivity contribution >= 4 is 17.6 Å². The molecule has 0 spiro atoms. The van der Waals surface area contributed by atoms with Crippen molar-refractivity contribution in [1.29, 1.82) is 0 Å². The first kappa shape index (κ1) is 24.0. The first-order valence-corrected chi connectivity index (χ1v) is 11.1. The molecule has 2 aliphatic rings. The number of benzene rings is 2. The van der Waals surface area contributed by atoms with Crippen LogP contribution in [0.15, 0.2) is 54.6 Å². The van der Waals surface area contributed by atoms with E-state index < -0.39 is 35.3 Å². The van der Waals surface area contributed by atoms with Crippen molar-refractivity contribution in [1.82, 2.24) is 15.1 Å². The van der Waals surface area contributed by atoms with E-state index in [1.54, 1.807) is 0 Å². The number of alkyl halides is 3. The number of halogens is 3. The Morgan fingerprint density at radius 2 is 1.59 bits per heavy atom. The number of nitrogens with one attached hydrogen (secondary N) is 1. The quantitative estimate of drug-likeness (QED) is 0.627. The maximum Gasteiger partial charge on any atom is 0.416 e. The lowest BCUT2D eigenvalue weighted by Gasteiger charge is -2.37. The lowest BCUT2D eigenvalue weighted by molar-refractivity contribution is -0.137. The van der Waals surface area contributed by atoms with Crippen LogP contribution >= 0.6 is 0 Å². The van der Waals surface area contributed by atoms with E-state index in [4.69, 9.17) is 0 Å². The Labute approximate surface area is 195 Å². The number of nitrogens with zero attached hydrogens (tertiary/aromatic N) is 3. The van der Waals surface area contributed by atoms with Gasteiger partial charge in [-0.3, -0.25) is 14.6 Å². The maximum atomic E-state index is 13.0. The number of hydrogen-bond acceptors (Lipinski definition) is 5. The Morgan fingerprint density at radius 1 is 0.971 bits per heavy atom. The van der Waals surface area contributed by atoms with Gasteiger partial charge >= 0.3 is 12.2 Å². The van der Waals surface area contributed by atoms with E-state index in [1.165, 1.54) is 19.1 Å². The number of urea groups is 1. The first-order valence-electron chi connectivity index (χ1n) is 11.1. The van der Waals surface area contributed by atoms with Crippen LogP contribution in [0.4, 0.5) is 23.7 Å². The van der Waals surface area contributed by atoms with Gasteiger partial charge in [0, 0.05) is 38.4 Å². The number of aliphatic hydroxyl groups excluding tert-OH is 1. The summed E-state index contributed by atoms with van der Waals surface area (Å²) in [5.74, 6) is -0.606. The summed E-state index contributed by atoms with van der Waals surface area (Å²) in [7, 11) is 0. The first-order chi connectivity index (χ1) is 16.1. The molecule has 10 heteroatoms. The fourth-order valence-corrected chi connectivity index (χ4v) is 4.44. The molecule has 2 N–H and O–H groups in total. The van der Waals surface area contributed by atoms with Crippen LogP contribution in [-0.2, 0) is 16.5 Å². The summed E-state index contributed by atoms with van der Waals surface area (Å²) in [4.78, 5) is 30.8. The standard InChI is InChI=1S/C24H27F3N4O3/c1-23(17-7-9-18(10-8-17)24(25,26)27)21(33)31(22(34)28-23)16-20(32)15-29-11-13-30(14-12-29)19-5-3-2-4-6-19/h2-10,20,32H,11-16H2,1H3,(H,28,34). The van der Waals surface area contributed by atoms with E-state index in [2.05, 4.69) is 27.2 Å². The van der Waals surface area contributed by atoms with E-state index >= 15 is 0 Å². The van der Waals surface area contributed by atoms with Crippen molar-refractivity contribution < 1.29 is 27.9 Å². The largest absolute Gasteiger partial charge is 0.416 e. The minimum atomic E-state index is -4.49. The summed E-state index contributed by atoms with van der Waals surface area (Å²) in [6, 6.07) is 13.5. The van der Waals surface area contributed by atoms with E-state index in [0.717, 1.165) is 48.9 Å². The Bertz CT molecular complexity index is 1020. The molecule has 2 saturated heterocycles. The molecule has 182 valence electrons. The van der Waals surface area contributed by atoms with Crippen LogP contribution in [0.5, 0.6) is 0 Å². The van der Waals surface area contributed by atoms with Crippen molar-refractivity contribution in [3.05, 3.63) is 65.7 Å². The number of hydrogen-bond donors (Lipinski definition) is 2. The highest BCUT2D eigenvalue weighted by Gasteiger charge is 2.49. The molecule has 2 aromatic rings. The summed E-state index contributed by atoms with van der Waals surface area (Å²) in [5.41, 5.74) is -0.948. The Hall–Kier alpha value is -3.11. The number of anilines is 1. The van der Waals surface area contributed by atoms with Gasteiger partial charge in [0.15, 0.2) is 0 Å². The summed E-state index contributed by atoms with van der Waals surface area (Å²) in [6.07, 6.45) is -5.45. The number of carbonyl (C=O) groups is 2. The van der Waals surface area contributed by atoms with Crippen LogP contribution in [0.3, 0.4) is 0 Å². The number of β-amino-alcohol motifs (C(OH)–C–C–N with tert-alkyl or cyclic N) is 1. The van der Waals surface area contributed by atoms with E-state index in [0.29, 0.717) is 6.54 Å². The summed E-state index contributed by atoms with van der Waals surface area (Å²) < 4.78 is 38.6. The minimum Gasteiger partial charge on any atom is -0.390 e. The van der Waals surface area contributed by atoms with Crippen molar-refractivity contribution in [2.45, 2.75) is 24.7 Å². The minimum absolute atomic E-state index is 0.195. The van der Waals surface area contributed by atoms with Gasteiger partial charge in [-0.25, -0.2) is 4.79 Å². The van der Waals surface area contributed by atoms with Crippen LogP contribution in [0, 0.1) is 0 Å². The molecule has 3 amide bonds. The summed E-state index contributed by atoms with van der Waals surface area (Å²) in [6.45, 7) is 4.62. The molecule has 2 heterocycles. The zero-order chi connectivity index (χ0) is 24.5. The second-order valence-electron chi connectivity index (χ2n) is 8.82. The van der Waals surface area contributed by atoms with Crippen molar-refractivity contribution in [3.63, 3.8) is 0 Å². The van der Waals surface area contributed by atoms with Gasteiger partial charge in [0.1, 0.15) is 5.54 Å². The number of carbonyl (C=O) groups excluding carboxylic acids is 2. The number of rotatable bonds is 6. The number of para-hydroxylation sites is 1. The predicted molar refractivity (Wildman–Crippen MR) is 120 cm³/mol. The zero-order valence-corrected chi connectivity index (χ0v) is 18.8. The third-order valence-corrected chi connectivity index (χ3v) is 6.42. The lowest BCUT2D eigenvalue weighted by atomic mass is 9.91. The molecule has 2 aromatic carbocycles. The maximum absolute atomic E-state index is 13.0. The molecular formula is C24H27F3N4O3. The molecule has 7 nitrogen and oxygen atoms in total. The molecule has 2 aliphatic heterocycles. The molecule has 0 saturated carbocycles. The van der Waals surface area contributed by atoms with Gasteiger partial charge in [0.25, 0.3) is 5.91 Å². The van der Waals surface area contributed by atoms with Gasteiger partial charge in [-0.1, -0.05) is 30.3 Å². The topological polar surface area (TPSA) is 76.1 Å². The Kier molecular flexibility index (Phi) is 6.55. The average Bonchev–Trinajstić information content (AvgIpc) is 3.03. The highest BCUT2D eigenvalue weighted by molar-refractivity contribution is 6.07. The van der Waals surface area contributed by atoms with E-state index in [-0.39, 0.29) is 12.1 Å². The highest BCUT2D eigenvalue weighted by atomic mass is 19.4. The summed E-state index contributed by atoms with van der Waals surface area (Å²) >= 11 is 0. The van der Waals surface area contributed by atoms with Crippen LogP contribution in [0.2, 0.25) is 0 Å². The van der Waals surface area contributed by atoms with Crippen LogP contribution < -0.4 is 10.2 Å². The normalized spacial score (nSPS) is 22.7. The van der Waals surface area contributed by atoms with Crippen LogP contribution in [-0.4, -0.2) is 72.2 Å². The van der Waals surface area contributed by atoms with Crippen molar-refractivity contribution in [2.24, 2.45) is 0 Å². The fourth-order valence-electron chi connectivity index (χ4n) is 4.44. The second-order valence-corrected chi connectivity index (χ2v) is 8.82. The number of imide groups is 1. The second kappa shape index (κ2) is 9.27. The molecule has 2 atom stereocenters. The number of piperazine rings is 1. The summed E-state index contributed by atoms with van der Waals surface area (Å²) in [5, 5.41) is 13.2. The molecule has 2 unspecified atom stereocenters. The SMILES string of the molecule is CC1(c2ccc(C(F)(F)F)cc2)NC(=O)N(CC(O)CN2CCN(c3ccccc3)CC2)C1=O. The van der Waals surface area contributed by atoms with Gasteiger partial charge in [-0.15, -0.1) is 0 Å². The van der Waals surface area contributed by atoms with Crippen LogP contribution in [0.1, 0.15) is 18.1 Å². The van der Waals surface area contributed by atoms with Crippen molar-refractivity contribution in [3.8, 4) is 0 Å². The Balaban J connectivity index is 1.34. The zero-order valence-electron chi connectivity index (χ0n) is 18.8. The van der Waals surface area contributed by atoms with Gasteiger partial charge in [0.2, 0.25) is 0 Å². The number of aliphatic hydroxyl groups is 1. The number of amides is 3. The van der Waals surface area contributed by atoms with Gasteiger partial charge in [0.05, 0.1) is 18.2 Å². The highest BCUT2D eigenvalue weighted by Crippen LogP contribution is 2.33.